The van der Waals surface area contributed by atoms with Crippen molar-refractivity contribution in [2.45, 2.75) is 39.7 Å². The van der Waals surface area contributed by atoms with E-state index in [1.807, 2.05) is 13.1 Å². The van der Waals surface area contributed by atoms with Crippen molar-refractivity contribution in [3.63, 3.8) is 0 Å². The van der Waals surface area contributed by atoms with Gasteiger partial charge in [0.2, 0.25) is 5.91 Å². The number of nitrogens with zero attached hydrogens (tertiary/aromatic N) is 2. The van der Waals surface area contributed by atoms with Gasteiger partial charge < -0.3 is 5.32 Å². The summed E-state index contributed by atoms with van der Waals surface area (Å²) in [5.41, 5.74) is 1.13. The molecule has 0 radical (unpaired) electrons. The Bertz CT molecular complexity index is 307. The number of hydrogen-bond donors (Lipinski definition) is 1. The molecule has 1 aromatic heterocycles. The summed E-state index contributed by atoms with van der Waals surface area (Å²) in [7, 11) is 0. The van der Waals surface area contributed by atoms with Gasteiger partial charge in [-0.05, 0) is 18.9 Å². The standard InChI is InChI=1S/C11H19N3O/c1-3-4-6-12-11(15)5-7-14-9-10(2)8-13-14/h8-9H,3-7H2,1-2H3,(H,12,15). The van der Waals surface area contributed by atoms with Gasteiger partial charge in [0.15, 0.2) is 0 Å². The first-order valence-corrected chi connectivity index (χ1v) is 5.48. The summed E-state index contributed by atoms with van der Waals surface area (Å²) >= 11 is 0. The molecule has 0 spiro atoms. The van der Waals surface area contributed by atoms with Crippen LogP contribution in [-0.4, -0.2) is 22.2 Å². The minimum atomic E-state index is 0.108. The Kier molecular flexibility index (Phi) is 4.87. The van der Waals surface area contributed by atoms with Gasteiger partial charge in [-0.1, -0.05) is 13.3 Å². The lowest BCUT2D eigenvalue weighted by Gasteiger charge is -2.04. The Morgan fingerprint density at radius 2 is 2.40 bits per heavy atom. The molecular weight excluding hydrogens is 190 g/mol. The lowest BCUT2D eigenvalue weighted by atomic mass is 10.3. The zero-order valence-electron chi connectivity index (χ0n) is 9.49. The van der Waals surface area contributed by atoms with Crippen LogP contribution in [-0.2, 0) is 11.3 Å². The number of amides is 1. The number of unbranched alkanes of at least 4 members (excludes halogenated alkanes) is 1. The van der Waals surface area contributed by atoms with Crippen molar-refractivity contribution < 1.29 is 4.79 Å². The third-order valence-corrected chi connectivity index (χ3v) is 2.18. The minimum Gasteiger partial charge on any atom is -0.356 e. The van der Waals surface area contributed by atoms with Crippen LogP contribution in [0.3, 0.4) is 0 Å². The Morgan fingerprint density at radius 3 is 3.00 bits per heavy atom. The lowest BCUT2D eigenvalue weighted by Crippen LogP contribution is -2.25. The molecule has 1 N–H and O–H groups in total. The second-order valence-corrected chi connectivity index (χ2v) is 3.73. The molecule has 84 valence electrons. The Labute approximate surface area is 90.7 Å². The van der Waals surface area contributed by atoms with Gasteiger partial charge in [-0.25, -0.2) is 0 Å². The highest BCUT2D eigenvalue weighted by atomic mass is 16.1. The summed E-state index contributed by atoms with van der Waals surface area (Å²) in [6.07, 6.45) is 6.41. The van der Waals surface area contributed by atoms with E-state index in [1.54, 1.807) is 10.9 Å². The molecule has 4 nitrogen and oxygen atoms in total. The van der Waals surface area contributed by atoms with Crippen molar-refractivity contribution in [1.82, 2.24) is 15.1 Å². The van der Waals surface area contributed by atoms with E-state index in [1.165, 1.54) is 0 Å². The normalized spacial score (nSPS) is 10.3. The zero-order chi connectivity index (χ0) is 11.1. The molecule has 1 rings (SSSR count). The fourth-order valence-electron chi connectivity index (χ4n) is 1.30. The smallest absolute Gasteiger partial charge is 0.221 e. The van der Waals surface area contributed by atoms with Crippen LogP contribution in [0, 0.1) is 6.92 Å². The highest BCUT2D eigenvalue weighted by Gasteiger charge is 2.01. The molecule has 0 atom stereocenters. The van der Waals surface area contributed by atoms with Crippen LogP contribution in [0.4, 0.5) is 0 Å². The number of aryl methyl sites for hydroxylation is 2. The molecule has 1 aromatic rings. The van der Waals surface area contributed by atoms with Crippen molar-refractivity contribution >= 4 is 5.91 Å². The van der Waals surface area contributed by atoms with Gasteiger partial charge in [0.25, 0.3) is 0 Å². The third kappa shape index (κ3) is 4.63. The van der Waals surface area contributed by atoms with E-state index in [0.717, 1.165) is 24.9 Å². The van der Waals surface area contributed by atoms with Crippen LogP contribution in [0.5, 0.6) is 0 Å². The summed E-state index contributed by atoms with van der Waals surface area (Å²) in [4.78, 5) is 11.3. The predicted molar refractivity (Wildman–Crippen MR) is 59.5 cm³/mol. The number of aromatic nitrogens is 2. The van der Waals surface area contributed by atoms with E-state index < -0.39 is 0 Å². The highest BCUT2D eigenvalue weighted by Crippen LogP contribution is 1.95. The quantitative estimate of drug-likeness (QED) is 0.722. The van der Waals surface area contributed by atoms with Crippen LogP contribution in [0.1, 0.15) is 31.7 Å². The van der Waals surface area contributed by atoms with E-state index >= 15 is 0 Å². The first kappa shape index (κ1) is 11.8. The predicted octanol–water partition coefficient (Wildman–Crippen LogP) is 1.50. The molecule has 15 heavy (non-hydrogen) atoms. The minimum absolute atomic E-state index is 0.108. The van der Waals surface area contributed by atoms with E-state index in [4.69, 9.17) is 0 Å². The SMILES string of the molecule is CCCCNC(=O)CCn1cc(C)cn1. The van der Waals surface area contributed by atoms with E-state index in [9.17, 15) is 4.79 Å². The molecule has 0 aliphatic carbocycles. The van der Waals surface area contributed by atoms with E-state index in [-0.39, 0.29) is 5.91 Å². The van der Waals surface area contributed by atoms with Crippen molar-refractivity contribution in [1.29, 1.82) is 0 Å². The fraction of sp³-hybridized carbons (Fsp3) is 0.636. The molecule has 0 fully saturated rings. The van der Waals surface area contributed by atoms with Crippen molar-refractivity contribution in [2.75, 3.05) is 6.54 Å². The van der Waals surface area contributed by atoms with Gasteiger partial charge >= 0.3 is 0 Å². The number of rotatable bonds is 6. The zero-order valence-corrected chi connectivity index (χ0v) is 9.49. The molecule has 4 heteroatoms. The van der Waals surface area contributed by atoms with Gasteiger partial charge in [0.05, 0.1) is 6.20 Å². The van der Waals surface area contributed by atoms with Gasteiger partial charge in [-0.2, -0.15) is 5.10 Å². The molecule has 0 bridgehead atoms. The van der Waals surface area contributed by atoms with Crippen LogP contribution in [0.15, 0.2) is 12.4 Å². The Hall–Kier alpha value is -1.32. The van der Waals surface area contributed by atoms with Crippen LogP contribution in [0.25, 0.3) is 0 Å². The average molecular weight is 209 g/mol. The van der Waals surface area contributed by atoms with Crippen molar-refractivity contribution in [3.05, 3.63) is 18.0 Å². The summed E-state index contributed by atoms with van der Waals surface area (Å²) in [6, 6.07) is 0. The molecule has 0 saturated carbocycles. The molecule has 0 unspecified atom stereocenters. The third-order valence-electron chi connectivity index (χ3n) is 2.18. The fourth-order valence-corrected chi connectivity index (χ4v) is 1.30. The van der Waals surface area contributed by atoms with Crippen molar-refractivity contribution in [2.24, 2.45) is 0 Å². The van der Waals surface area contributed by atoms with E-state index in [2.05, 4.69) is 17.3 Å². The summed E-state index contributed by atoms with van der Waals surface area (Å²) in [5, 5.41) is 7.00. The second kappa shape index (κ2) is 6.22. The first-order chi connectivity index (χ1) is 7.22. The number of carbonyl (C=O) groups excluding carboxylic acids is 1. The summed E-state index contributed by atoms with van der Waals surface area (Å²) in [5.74, 6) is 0.108. The maximum atomic E-state index is 11.3. The molecule has 0 aliphatic rings. The highest BCUT2D eigenvalue weighted by molar-refractivity contribution is 5.75. The molecule has 0 saturated heterocycles. The number of hydrogen-bond acceptors (Lipinski definition) is 2. The van der Waals surface area contributed by atoms with Crippen molar-refractivity contribution in [3.8, 4) is 0 Å². The molecule has 0 aromatic carbocycles. The van der Waals surface area contributed by atoms with Gasteiger partial charge in [0, 0.05) is 25.7 Å². The summed E-state index contributed by atoms with van der Waals surface area (Å²) in [6.45, 7) is 5.54. The van der Waals surface area contributed by atoms with Crippen LogP contribution < -0.4 is 5.32 Å². The lowest BCUT2D eigenvalue weighted by molar-refractivity contribution is -0.121. The Morgan fingerprint density at radius 1 is 1.60 bits per heavy atom. The summed E-state index contributed by atoms with van der Waals surface area (Å²) < 4.78 is 1.80. The largest absolute Gasteiger partial charge is 0.356 e. The average Bonchev–Trinajstić information content (AvgIpc) is 2.62. The Balaban J connectivity index is 2.16. The molecule has 1 heterocycles. The van der Waals surface area contributed by atoms with Crippen LogP contribution in [0.2, 0.25) is 0 Å². The van der Waals surface area contributed by atoms with Gasteiger partial charge in [-0.3, -0.25) is 9.48 Å². The topological polar surface area (TPSA) is 46.9 Å². The first-order valence-electron chi connectivity index (χ1n) is 5.48. The van der Waals surface area contributed by atoms with Gasteiger partial charge in [-0.15, -0.1) is 0 Å². The number of carbonyl (C=O) groups is 1. The van der Waals surface area contributed by atoms with E-state index in [0.29, 0.717) is 13.0 Å². The van der Waals surface area contributed by atoms with Crippen LogP contribution >= 0.6 is 0 Å². The maximum Gasteiger partial charge on any atom is 0.221 e. The van der Waals surface area contributed by atoms with Gasteiger partial charge in [0.1, 0.15) is 0 Å². The molecular formula is C11H19N3O. The second-order valence-electron chi connectivity index (χ2n) is 3.73. The maximum absolute atomic E-state index is 11.3. The molecule has 0 aliphatic heterocycles. The monoisotopic (exact) mass is 209 g/mol. The molecule has 1 amide bonds. The number of nitrogens with one attached hydrogen (secondary N) is 1.